The van der Waals surface area contributed by atoms with E-state index in [-0.39, 0.29) is 22.2 Å². The van der Waals surface area contributed by atoms with E-state index in [0.29, 0.717) is 21.5 Å². The van der Waals surface area contributed by atoms with Crippen molar-refractivity contribution in [1.29, 1.82) is 0 Å². The van der Waals surface area contributed by atoms with Crippen LogP contribution in [-0.4, -0.2) is 20.1 Å². The molecule has 0 bridgehead atoms. The number of carbonyl (C=O) groups is 1. The Morgan fingerprint density at radius 3 is 2.19 bits per heavy atom. The maximum Gasteiger partial charge on any atom is 0.261 e. The molecular weight excluding hydrogens is 482 g/mol. The highest BCUT2D eigenvalue weighted by Gasteiger charge is 2.14. The molecule has 0 radical (unpaired) electrons. The molecule has 3 aromatic carbocycles. The van der Waals surface area contributed by atoms with Gasteiger partial charge in [0.05, 0.1) is 20.7 Å². The molecule has 5 nitrogen and oxygen atoms in total. The first-order chi connectivity index (χ1) is 14.7. The zero-order valence-corrected chi connectivity index (χ0v) is 19.1. The van der Waals surface area contributed by atoms with Crippen molar-refractivity contribution in [3.63, 3.8) is 0 Å². The molecule has 0 fully saturated rings. The molecule has 3 aromatic rings. The van der Waals surface area contributed by atoms with Crippen molar-refractivity contribution in [3.8, 4) is 0 Å². The summed E-state index contributed by atoms with van der Waals surface area (Å²) in [5.74, 6) is 0.131. The average molecular weight is 499 g/mol. The number of halogens is 3. The van der Waals surface area contributed by atoms with Crippen molar-refractivity contribution >= 4 is 62.3 Å². The lowest BCUT2D eigenvalue weighted by Gasteiger charge is -2.10. The summed E-state index contributed by atoms with van der Waals surface area (Å²) in [5, 5.41) is 3.66. The predicted octanol–water partition coefficient (Wildman–Crippen LogP) is 5.81. The molecule has 3 rings (SSSR count). The molecule has 10 heteroatoms. The number of thioether (sulfide) groups is 1. The van der Waals surface area contributed by atoms with Crippen LogP contribution in [-0.2, 0) is 20.6 Å². The Bertz CT molecular complexity index is 1170. The molecule has 1 amide bonds. The van der Waals surface area contributed by atoms with Gasteiger partial charge in [-0.25, -0.2) is 12.8 Å². The van der Waals surface area contributed by atoms with Gasteiger partial charge in [-0.3, -0.25) is 9.52 Å². The van der Waals surface area contributed by atoms with Crippen molar-refractivity contribution < 1.29 is 17.6 Å². The van der Waals surface area contributed by atoms with Gasteiger partial charge in [0.1, 0.15) is 5.82 Å². The van der Waals surface area contributed by atoms with Gasteiger partial charge in [0.2, 0.25) is 5.91 Å². The van der Waals surface area contributed by atoms with Gasteiger partial charge < -0.3 is 5.32 Å². The second-order valence-corrected chi connectivity index (χ2v) is 9.91. The van der Waals surface area contributed by atoms with Crippen LogP contribution in [0.3, 0.4) is 0 Å². The first-order valence-corrected chi connectivity index (χ1v) is 12.3. The monoisotopic (exact) mass is 498 g/mol. The van der Waals surface area contributed by atoms with E-state index in [4.69, 9.17) is 23.2 Å². The summed E-state index contributed by atoms with van der Waals surface area (Å²) in [5.41, 5.74) is 1.68. The highest BCUT2D eigenvalue weighted by atomic mass is 35.5. The maximum atomic E-state index is 13.0. The van der Waals surface area contributed by atoms with Gasteiger partial charge in [0, 0.05) is 17.1 Å². The third-order valence-corrected chi connectivity index (χ3v) is 7.17. The van der Waals surface area contributed by atoms with E-state index in [1.807, 2.05) is 6.07 Å². The predicted molar refractivity (Wildman–Crippen MR) is 125 cm³/mol. The summed E-state index contributed by atoms with van der Waals surface area (Å²) in [4.78, 5) is 12.2. The van der Waals surface area contributed by atoms with E-state index < -0.39 is 15.8 Å². The largest absolute Gasteiger partial charge is 0.325 e. The molecule has 0 aliphatic heterocycles. The fourth-order valence-corrected chi connectivity index (χ4v) is 4.69. The summed E-state index contributed by atoms with van der Waals surface area (Å²) in [6, 6.07) is 16.1. The standard InChI is InChI=1S/C21H17Cl2FN2O3S2/c22-19-10-1-14(11-20(19)23)12-30-13-21(27)25-16-6-8-18(9-7-16)31(28,29)26-17-4-2-15(24)3-5-17/h1-11,26H,12-13H2,(H,25,27). The molecule has 162 valence electrons. The summed E-state index contributed by atoms with van der Waals surface area (Å²) in [6.07, 6.45) is 0. The normalized spacial score (nSPS) is 11.2. The molecule has 0 aromatic heterocycles. The molecule has 0 unspecified atom stereocenters. The Morgan fingerprint density at radius 2 is 1.55 bits per heavy atom. The lowest BCUT2D eigenvalue weighted by Crippen LogP contribution is -2.15. The summed E-state index contributed by atoms with van der Waals surface area (Å²) in [6.45, 7) is 0. The summed E-state index contributed by atoms with van der Waals surface area (Å²) < 4.78 is 40.2. The van der Waals surface area contributed by atoms with Crippen LogP contribution in [0.25, 0.3) is 0 Å². The summed E-state index contributed by atoms with van der Waals surface area (Å²) in [7, 11) is -3.83. The second kappa shape index (κ2) is 10.4. The smallest absolute Gasteiger partial charge is 0.261 e. The highest BCUT2D eigenvalue weighted by molar-refractivity contribution is 7.99. The number of carbonyl (C=O) groups excluding carboxylic acids is 1. The van der Waals surface area contributed by atoms with Crippen molar-refractivity contribution in [2.75, 3.05) is 15.8 Å². The number of anilines is 2. The maximum absolute atomic E-state index is 13.0. The highest BCUT2D eigenvalue weighted by Crippen LogP contribution is 2.25. The zero-order valence-electron chi connectivity index (χ0n) is 15.9. The van der Waals surface area contributed by atoms with Crippen molar-refractivity contribution in [2.45, 2.75) is 10.6 Å². The molecule has 31 heavy (non-hydrogen) atoms. The third kappa shape index (κ3) is 6.87. The van der Waals surface area contributed by atoms with Crippen LogP contribution in [0.4, 0.5) is 15.8 Å². The third-order valence-electron chi connectivity index (χ3n) is 4.03. The fraction of sp³-hybridized carbons (Fsp3) is 0.0952. The second-order valence-electron chi connectivity index (χ2n) is 6.43. The SMILES string of the molecule is O=C(CSCc1ccc(Cl)c(Cl)c1)Nc1ccc(S(=O)(=O)Nc2ccc(F)cc2)cc1. The number of nitrogens with one attached hydrogen (secondary N) is 2. The minimum absolute atomic E-state index is 0.0174. The fourth-order valence-electron chi connectivity index (χ4n) is 2.54. The Balaban J connectivity index is 1.52. The van der Waals surface area contributed by atoms with Crippen LogP contribution in [0.2, 0.25) is 10.0 Å². The number of hydrogen-bond acceptors (Lipinski definition) is 4. The lowest BCUT2D eigenvalue weighted by atomic mass is 10.2. The van der Waals surface area contributed by atoms with Crippen LogP contribution >= 0.6 is 35.0 Å². The number of rotatable bonds is 8. The average Bonchev–Trinajstić information content (AvgIpc) is 2.72. The Kier molecular flexibility index (Phi) is 7.83. The van der Waals surface area contributed by atoms with Gasteiger partial charge in [-0.1, -0.05) is 29.3 Å². The van der Waals surface area contributed by atoms with Crippen LogP contribution < -0.4 is 10.0 Å². The molecule has 0 spiro atoms. The van der Waals surface area contributed by atoms with Gasteiger partial charge in [0.25, 0.3) is 10.0 Å². The molecule has 0 aliphatic carbocycles. The van der Waals surface area contributed by atoms with Crippen molar-refractivity contribution in [3.05, 3.63) is 88.2 Å². The van der Waals surface area contributed by atoms with Crippen LogP contribution in [0.15, 0.2) is 71.6 Å². The molecule has 0 atom stereocenters. The first kappa shape index (κ1) is 23.4. The van der Waals surface area contributed by atoms with Crippen molar-refractivity contribution in [2.24, 2.45) is 0 Å². The number of sulfonamides is 1. The molecule has 0 saturated carbocycles. The molecule has 2 N–H and O–H groups in total. The van der Waals surface area contributed by atoms with E-state index in [1.165, 1.54) is 48.2 Å². The molecular formula is C21H17Cl2FN2O3S2. The minimum atomic E-state index is -3.83. The van der Waals surface area contributed by atoms with Gasteiger partial charge in [0.15, 0.2) is 0 Å². The van der Waals surface area contributed by atoms with Crippen LogP contribution in [0, 0.1) is 5.82 Å². The van der Waals surface area contributed by atoms with Gasteiger partial charge in [-0.15, -0.1) is 11.8 Å². The molecule has 0 saturated heterocycles. The Hall–Kier alpha value is -2.26. The van der Waals surface area contributed by atoms with E-state index in [2.05, 4.69) is 10.0 Å². The number of benzene rings is 3. The lowest BCUT2D eigenvalue weighted by molar-refractivity contribution is -0.113. The zero-order chi connectivity index (χ0) is 22.4. The minimum Gasteiger partial charge on any atom is -0.325 e. The van der Waals surface area contributed by atoms with Crippen molar-refractivity contribution in [1.82, 2.24) is 0 Å². The van der Waals surface area contributed by atoms with E-state index >= 15 is 0 Å². The summed E-state index contributed by atoms with van der Waals surface area (Å²) >= 11 is 13.3. The Labute approximate surface area is 194 Å². The Morgan fingerprint density at radius 1 is 0.903 bits per heavy atom. The van der Waals surface area contributed by atoms with Crippen LogP contribution in [0.5, 0.6) is 0 Å². The van der Waals surface area contributed by atoms with Gasteiger partial charge >= 0.3 is 0 Å². The van der Waals surface area contributed by atoms with E-state index in [9.17, 15) is 17.6 Å². The quantitative estimate of drug-likeness (QED) is 0.411. The van der Waals surface area contributed by atoms with E-state index in [0.717, 1.165) is 17.7 Å². The number of hydrogen-bond donors (Lipinski definition) is 2. The molecule has 0 heterocycles. The van der Waals surface area contributed by atoms with E-state index in [1.54, 1.807) is 12.1 Å². The van der Waals surface area contributed by atoms with Gasteiger partial charge in [-0.2, -0.15) is 0 Å². The van der Waals surface area contributed by atoms with Gasteiger partial charge in [-0.05, 0) is 66.2 Å². The molecule has 0 aliphatic rings. The first-order valence-electron chi connectivity index (χ1n) is 8.93. The number of amides is 1. The topological polar surface area (TPSA) is 75.3 Å². The van der Waals surface area contributed by atoms with Crippen LogP contribution in [0.1, 0.15) is 5.56 Å².